The van der Waals surface area contributed by atoms with Gasteiger partial charge < -0.3 is 10.4 Å². The second kappa shape index (κ2) is 8.09. The number of nitrogens with zero attached hydrogens (tertiary/aromatic N) is 1. The van der Waals surface area contributed by atoms with Gasteiger partial charge in [0.25, 0.3) is 0 Å². The van der Waals surface area contributed by atoms with Gasteiger partial charge in [0.2, 0.25) is 0 Å². The normalized spacial score (nSPS) is 16.3. The number of carbonyl (C=O) groups excluding carboxylic acids is 1. The Kier molecular flexibility index (Phi) is 6.04. The standard InChI is InChI=1S/C22H28FN3O3S/c1-13(2)16-6-5-7-17(14-8-9-14)20(16)25-21(27)26-30(24,29)19-11-10-15(12-18(19)23)22(3,4)28/h5-7,10-14,28H,8-9H2,1-4H3,(H3,24,25,26,27,29). The molecule has 1 saturated carbocycles. The number of aliphatic hydroxyl groups is 1. The lowest BCUT2D eigenvalue weighted by molar-refractivity contribution is 0.0781. The predicted octanol–water partition coefficient (Wildman–Crippen LogP) is 4.99. The summed E-state index contributed by atoms with van der Waals surface area (Å²) in [5, 5.41) is 18.5. The van der Waals surface area contributed by atoms with Gasteiger partial charge in [-0.3, -0.25) is 0 Å². The summed E-state index contributed by atoms with van der Waals surface area (Å²) in [4.78, 5) is 12.2. The molecule has 0 aromatic heterocycles. The highest BCUT2D eigenvalue weighted by Gasteiger charge is 2.28. The third-order valence-electron chi connectivity index (χ3n) is 5.17. The van der Waals surface area contributed by atoms with Crippen LogP contribution in [0.3, 0.4) is 0 Å². The Morgan fingerprint density at radius 3 is 2.50 bits per heavy atom. The van der Waals surface area contributed by atoms with Crippen LogP contribution < -0.4 is 10.5 Å². The van der Waals surface area contributed by atoms with Crippen molar-refractivity contribution in [2.45, 2.75) is 62.9 Å². The summed E-state index contributed by atoms with van der Waals surface area (Å²) in [5.41, 5.74) is 1.66. The Hall–Kier alpha value is -2.29. The van der Waals surface area contributed by atoms with Crippen LogP contribution in [0, 0.1) is 5.82 Å². The van der Waals surface area contributed by atoms with Crippen molar-refractivity contribution in [3.05, 3.63) is 58.9 Å². The molecule has 1 aliphatic carbocycles. The van der Waals surface area contributed by atoms with E-state index < -0.39 is 27.4 Å². The number of carbonyl (C=O) groups is 1. The second-order valence-electron chi connectivity index (χ2n) is 8.53. The van der Waals surface area contributed by atoms with Crippen LogP contribution in [0.2, 0.25) is 0 Å². The lowest BCUT2D eigenvalue weighted by atomic mass is 9.96. The highest BCUT2D eigenvalue weighted by molar-refractivity contribution is 7.91. The molecular formula is C22H28FN3O3S. The van der Waals surface area contributed by atoms with Crippen LogP contribution >= 0.6 is 0 Å². The first-order valence-electron chi connectivity index (χ1n) is 9.91. The van der Waals surface area contributed by atoms with Crippen molar-refractivity contribution in [2.75, 3.05) is 5.32 Å². The Morgan fingerprint density at radius 2 is 1.97 bits per heavy atom. The lowest BCUT2D eigenvalue weighted by Crippen LogP contribution is -2.21. The van der Waals surface area contributed by atoms with Crippen LogP contribution in [0.4, 0.5) is 14.9 Å². The van der Waals surface area contributed by atoms with Gasteiger partial charge in [0.1, 0.15) is 15.7 Å². The molecule has 4 N–H and O–H groups in total. The van der Waals surface area contributed by atoms with E-state index in [4.69, 9.17) is 5.14 Å². The first-order chi connectivity index (χ1) is 13.9. The topological polar surface area (TPSA) is 105 Å². The maximum absolute atomic E-state index is 14.5. The van der Waals surface area contributed by atoms with Crippen molar-refractivity contribution < 1.29 is 18.5 Å². The van der Waals surface area contributed by atoms with E-state index >= 15 is 0 Å². The summed E-state index contributed by atoms with van der Waals surface area (Å²) in [6.07, 6.45) is 2.10. The van der Waals surface area contributed by atoms with Crippen molar-refractivity contribution in [1.29, 1.82) is 0 Å². The van der Waals surface area contributed by atoms with Gasteiger partial charge in [0.05, 0.1) is 10.5 Å². The van der Waals surface area contributed by atoms with E-state index in [1.54, 1.807) is 0 Å². The number of rotatable bonds is 5. The number of nitrogens with two attached hydrogens (primary N) is 1. The Labute approximate surface area is 177 Å². The van der Waals surface area contributed by atoms with E-state index in [9.17, 15) is 18.5 Å². The van der Waals surface area contributed by atoms with Crippen LogP contribution in [0.15, 0.2) is 45.7 Å². The maximum Gasteiger partial charge on any atom is 0.354 e. The fourth-order valence-corrected chi connectivity index (χ4v) is 4.36. The quantitative estimate of drug-likeness (QED) is 0.619. The zero-order valence-corrected chi connectivity index (χ0v) is 18.4. The number of nitrogens with one attached hydrogen (secondary N) is 1. The molecule has 162 valence electrons. The van der Waals surface area contributed by atoms with E-state index in [-0.39, 0.29) is 10.8 Å². The predicted molar refractivity (Wildman–Crippen MR) is 116 cm³/mol. The summed E-state index contributed by atoms with van der Waals surface area (Å²) in [7, 11) is -3.82. The fraction of sp³-hybridized carbons (Fsp3) is 0.409. The van der Waals surface area contributed by atoms with Gasteiger partial charge in [-0.1, -0.05) is 38.1 Å². The number of hydrogen-bond donors (Lipinski definition) is 3. The van der Waals surface area contributed by atoms with Gasteiger partial charge in [0.15, 0.2) is 0 Å². The summed E-state index contributed by atoms with van der Waals surface area (Å²) in [5.74, 6) is -0.346. The van der Waals surface area contributed by atoms with Gasteiger partial charge >= 0.3 is 6.03 Å². The van der Waals surface area contributed by atoms with Crippen molar-refractivity contribution in [3.63, 3.8) is 0 Å². The van der Waals surface area contributed by atoms with Crippen molar-refractivity contribution in [3.8, 4) is 0 Å². The van der Waals surface area contributed by atoms with E-state index in [2.05, 4.69) is 9.68 Å². The molecule has 0 saturated heterocycles. The van der Waals surface area contributed by atoms with Crippen molar-refractivity contribution in [1.82, 2.24) is 0 Å². The van der Waals surface area contributed by atoms with Crippen LogP contribution in [0.25, 0.3) is 0 Å². The molecular weight excluding hydrogens is 405 g/mol. The first-order valence-corrected chi connectivity index (χ1v) is 11.5. The second-order valence-corrected chi connectivity index (χ2v) is 10.3. The third-order valence-corrected chi connectivity index (χ3v) is 6.57. The number of benzene rings is 2. The molecule has 3 rings (SSSR count). The number of amides is 2. The number of hydrogen-bond acceptors (Lipinski definition) is 3. The van der Waals surface area contributed by atoms with Gasteiger partial charge in [0, 0.05) is 5.69 Å². The molecule has 1 fully saturated rings. The molecule has 2 amide bonds. The van der Waals surface area contributed by atoms with Crippen LogP contribution in [-0.2, 0) is 15.5 Å². The number of para-hydroxylation sites is 1. The molecule has 0 bridgehead atoms. The maximum atomic E-state index is 14.5. The highest BCUT2D eigenvalue weighted by atomic mass is 32.2. The minimum Gasteiger partial charge on any atom is -0.386 e. The molecule has 0 heterocycles. The molecule has 6 nitrogen and oxygen atoms in total. The largest absolute Gasteiger partial charge is 0.386 e. The average Bonchev–Trinajstić information content (AvgIpc) is 3.45. The average molecular weight is 434 g/mol. The Morgan fingerprint density at radius 1 is 1.30 bits per heavy atom. The van der Waals surface area contributed by atoms with Gasteiger partial charge in [-0.2, -0.15) is 0 Å². The molecule has 1 atom stereocenters. The highest BCUT2D eigenvalue weighted by Crippen LogP contribution is 2.45. The van der Waals surface area contributed by atoms with E-state index in [1.807, 2.05) is 32.0 Å². The summed E-state index contributed by atoms with van der Waals surface area (Å²) >= 11 is 0. The number of urea groups is 1. The SMILES string of the molecule is CC(C)c1cccc(C2CC2)c1NC(=O)N=S(N)(=O)c1ccc(C(C)(C)O)cc1F. The van der Waals surface area contributed by atoms with Gasteiger partial charge in [-0.25, -0.2) is 18.5 Å². The molecule has 2 aromatic rings. The third kappa shape index (κ3) is 4.88. The molecule has 0 spiro atoms. The number of anilines is 1. The monoisotopic (exact) mass is 433 g/mol. The summed E-state index contributed by atoms with van der Waals surface area (Å²) < 4.78 is 31.0. The molecule has 1 aliphatic rings. The Balaban J connectivity index is 1.95. The molecule has 30 heavy (non-hydrogen) atoms. The molecule has 8 heteroatoms. The number of halogens is 1. The molecule has 1 unspecified atom stereocenters. The summed E-state index contributed by atoms with van der Waals surface area (Å²) in [6.45, 7) is 7.04. The molecule has 0 aliphatic heterocycles. The van der Waals surface area contributed by atoms with Crippen LogP contribution in [0.1, 0.15) is 69.1 Å². The molecule has 0 radical (unpaired) electrons. The first kappa shape index (κ1) is 22.4. The van der Waals surface area contributed by atoms with E-state index in [0.29, 0.717) is 17.2 Å². The van der Waals surface area contributed by atoms with E-state index in [1.165, 1.54) is 26.0 Å². The van der Waals surface area contributed by atoms with Gasteiger partial charge in [-0.15, -0.1) is 4.36 Å². The lowest BCUT2D eigenvalue weighted by Gasteiger charge is -2.19. The summed E-state index contributed by atoms with van der Waals surface area (Å²) in [6, 6.07) is 8.63. The van der Waals surface area contributed by atoms with Gasteiger partial charge in [-0.05, 0) is 67.3 Å². The van der Waals surface area contributed by atoms with Crippen LogP contribution in [-0.4, -0.2) is 15.3 Å². The zero-order valence-electron chi connectivity index (χ0n) is 17.6. The van der Waals surface area contributed by atoms with Crippen LogP contribution in [0.5, 0.6) is 0 Å². The zero-order chi connectivity index (χ0) is 22.3. The fourth-order valence-electron chi connectivity index (χ4n) is 3.37. The van der Waals surface area contributed by atoms with Crippen molar-refractivity contribution >= 4 is 21.6 Å². The minimum absolute atomic E-state index is 0.160. The van der Waals surface area contributed by atoms with Crippen molar-refractivity contribution in [2.24, 2.45) is 9.50 Å². The minimum atomic E-state index is -3.82. The smallest absolute Gasteiger partial charge is 0.354 e. The molecule has 2 aromatic carbocycles. The van der Waals surface area contributed by atoms with E-state index in [0.717, 1.165) is 30.0 Å². The Bertz CT molecular complexity index is 1080.